The van der Waals surface area contributed by atoms with Crippen LogP contribution in [0.3, 0.4) is 0 Å². The molecule has 0 aromatic rings. The normalized spacial score (nSPS) is 9.67. The second-order valence-electron chi connectivity index (χ2n) is 2.78. The monoisotopic (exact) mass is 240 g/mol. The largest absolute Gasteiger partial charge is 0.481 e. The first kappa shape index (κ1) is 17.1. The van der Waals surface area contributed by atoms with Gasteiger partial charge in [0.05, 0.1) is 19.2 Å². The van der Waals surface area contributed by atoms with E-state index < -0.39 is 12.1 Å². The molecule has 0 unspecified atom stereocenters. The molecule has 0 aliphatic rings. The highest BCUT2D eigenvalue weighted by atomic mass is 32.1. The zero-order chi connectivity index (χ0) is 12.1. The molecule has 0 saturated heterocycles. The fraction of sp³-hybridized carbons (Fsp3) is 0.889. The summed E-state index contributed by atoms with van der Waals surface area (Å²) in [6, 6.07) is 0. The van der Waals surface area contributed by atoms with E-state index in [2.05, 4.69) is 12.6 Å². The zero-order valence-corrected chi connectivity index (χ0v) is 9.82. The van der Waals surface area contributed by atoms with Crippen molar-refractivity contribution in [3.05, 3.63) is 0 Å². The maximum atomic E-state index is 9.76. The van der Waals surface area contributed by atoms with Crippen LogP contribution < -0.4 is 0 Å². The van der Waals surface area contributed by atoms with Gasteiger partial charge in [0.2, 0.25) is 0 Å². The molecular weight excluding hydrogens is 220 g/mol. The molecule has 0 bridgehead atoms. The summed E-state index contributed by atoms with van der Waals surface area (Å²) in [7, 11) is 0. The van der Waals surface area contributed by atoms with E-state index in [1.165, 1.54) is 0 Å². The lowest BCUT2D eigenvalue weighted by atomic mass is 10.3. The molecule has 5 nitrogen and oxygen atoms in total. The number of thiol groups is 1. The van der Waals surface area contributed by atoms with Gasteiger partial charge in [0.1, 0.15) is 6.10 Å². The van der Waals surface area contributed by atoms with Crippen LogP contribution in [-0.2, 0) is 9.53 Å². The van der Waals surface area contributed by atoms with Gasteiger partial charge in [0, 0.05) is 6.42 Å². The highest BCUT2D eigenvalue weighted by Crippen LogP contribution is 1.91. The summed E-state index contributed by atoms with van der Waals surface area (Å²) in [5.41, 5.74) is 0. The molecule has 92 valence electrons. The topological polar surface area (TPSA) is 87.0 Å². The molecule has 0 aliphatic heterocycles. The Labute approximate surface area is 95.5 Å². The Morgan fingerprint density at radius 3 is 2.07 bits per heavy atom. The second kappa shape index (κ2) is 13.7. The fourth-order valence-corrected chi connectivity index (χ4v) is 0.807. The van der Waals surface area contributed by atoms with Crippen molar-refractivity contribution in [2.45, 2.75) is 32.3 Å². The molecule has 0 aliphatic carbocycles. The predicted octanol–water partition coefficient (Wildman–Crippen LogP) is 0.505. The number of aliphatic hydroxyl groups is 2. The van der Waals surface area contributed by atoms with Crippen LogP contribution in [0, 0.1) is 0 Å². The van der Waals surface area contributed by atoms with Gasteiger partial charge in [0.15, 0.2) is 0 Å². The van der Waals surface area contributed by atoms with Gasteiger partial charge in [-0.05, 0) is 6.42 Å². The lowest BCUT2D eigenvalue weighted by molar-refractivity contribution is -0.137. The maximum absolute atomic E-state index is 9.76. The van der Waals surface area contributed by atoms with Crippen molar-refractivity contribution in [1.82, 2.24) is 0 Å². The summed E-state index contributed by atoms with van der Waals surface area (Å²) in [4.78, 5) is 9.76. The van der Waals surface area contributed by atoms with Gasteiger partial charge in [-0.15, -0.1) is 0 Å². The average molecular weight is 240 g/mol. The minimum atomic E-state index is -0.693. The number of hydrogen-bond donors (Lipinski definition) is 4. The van der Waals surface area contributed by atoms with Crippen LogP contribution in [0.2, 0.25) is 0 Å². The second-order valence-corrected chi connectivity index (χ2v) is 3.04. The van der Waals surface area contributed by atoms with Crippen molar-refractivity contribution in [3.63, 3.8) is 0 Å². The summed E-state index contributed by atoms with van der Waals surface area (Å²) >= 11 is 3.72. The van der Waals surface area contributed by atoms with Gasteiger partial charge < -0.3 is 20.1 Å². The predicted molar refractivity (Wildman–Crippen MR) is 60.1 cm³/mol. The number of carboxylic acids is 1. The van der Waals surface area contributed by atoms with Crippen LogP contribution in [0.4, 0.5) is 0 Å². The zero-order valence-electron chi connectivity index (χ0n) is 8.93. The Kier molecular flexibility index (Phi) is 15.6. The Bertz CT molecular complexity index is 138. The Morgan fingerprint density at radius 1 is 1.40 bits per heavy atom. The van der Waals surface area contributed by atoms with E-state index in [4.69, 9.17) is 20.1 Å². The third kappa shape index (κ3) is 16.4. The first-order chi connectivity index (χ1) is 7.12. The summed E-state index contributed by atoms with van der Waals surface area (Å²) in [5.74, 6) is -0.465. The SMILES string of the molecule is CCCCC(=O)O.OCC(CO)OCS. The van der Waals surface area contributed by atoms with Gasteiger partial charge in [-0.1, -0.05) is 13.3 Å². The maximum Gasteiger partial charge on any atom is 0.303 e. The highest BCUT2D eigenvalue weighted by Gasteiger charge is 2.01. The first-order valence-electron chi connectivity index (χ1n) is 4.78. The Hall–Kier alpha value is -0.300. The number of ether oxygens (including phenoxy) is 1. The standard InChI is InChI=1S/C5H10O2.C4H10O3S/c1-2-3-4-5(6)7;5-1-4(2-6)7-3-8/h2-4H2,1H3,(H,6,7);4-6,8H,1-3H2. The minimum absolute atomic E-state index is 0.156. The summed E-state index contributed by atoms with van der Waals surface area (Å²) < 4.78 is 4.70. The minimum Gasteiger partial charge on any atom is -0.481 e. The first-order valence-corrected chi connectivity index (χ1v) is 5.41. The molecule has 0 aromatic carbocycles. The summed E-state index contributed by atoms with van der Waals surface area (Å²) in [6.07, 6.45) is 1.62. The van der Waals surface area contributed by atoms with E-state index in [9.17, 15) is 4.79 Å². The van der Waals surface area contributed by atoms with Crippen molar-refractivity contribution in [3.8, 4) is 0 Å². The summed E-state index contributed by atoms with van der Waals surface area (Å²) in [5, 5.41) is 24.7. The molecule has 0 atom stereocenters. The summed E-state index contributed by atoms with van der Waals surface area (Å²) in [6.45, 7) is 1.66. The van der Waals surface area contributed by atoms with Crippen molar-refractivity contribution in [2.24, 2.45) is 0 Å². The van der Waals surface area contributed by atoms with E-state index in [0.717, 1.165) is 12.8 Å². The Balaban J connectivity index is 0. The number of carbonyl (C=O) groups is 1. The van der Waals surface area contributed by atoms with Crippen molar-refractivity contribution in [1.29, 1.82) is 0 Å². The van der Waals surface area contributed by atoms with E-state index in [1.807, 2.05) is 6.92 Å². The van der Waals surface area contributed by atoms with Crippen LogP contribution in [0.15, 0.2) is 0 Å². The molecule has 0 heterocycles. The molecule has 0 rings (SSSR count). The molecule has 0 amide bonds. The van der Waals surface area contributed by atoms with Gasteiger partial charge in [0.25, 0.3) is 0 Å². The molecule has 6 heteroatoms. The van der Waals surface area contributed by atoms with Crippen molar-refractivity contribution >= 4 is 18.6 Å². The third-order valence-electron chi connectivity index (χ3n) is 1.46. The van der Waals surface area contributed by atoms with Gasteiger partial charge >= 0.3 is 5.97 Å². The number of unbranched alkanes of at least 4 members (excludes halogenated alkanes) is 1. The average Bonchev–Trinajstić information content (AvgIpc) is 2.23. The van der Waals surface area contributed by atoms with Crippen LogP contribution in [0.5, 0.6) is 0 Å². The van der Waals surface area contributed by atoms with Crippen molar-refractivity contribution in [2.75, 3.05) is 19.2 Å². The van der Waals surface area contributed by atoms with Crippen LogP contribution in [0.1, 0.15) is 26.2 Å². The lowest BCUT2D eigenvalue weighted by Gasteiger charge is -2.08. The van der Waals surface area contributed by atoms with Crippen LogP contribution >= 0.6 is 12.6 Å². The molecule has 0 radical (unpaired) electrons. The quantitative estimate of drug-likeness (QED) is 0.384. The fourth-order valence-electron chi connectivity index (χ4n) is 0.597. The molecule has 0 fully saturated rings. The molecule has 3 N–H and O–H groups in total. The number of aliphatic carboxylic acids is 1. The van der Waals surface area contributed by atoms with Crippen LogP contribution in [0.25, 0.3) is 0 Å². The number of rotatable bonds is 7. The molecule has 0 spiro atoms. The van der Waals surface area contributed by atoms with Gasteiger partial charge in [-0.2, -0.15) is 12.6 Å². The van der Waals surface area contributed by atoms with E-state index in [-0.39, 0.29) is 19.2 Å². The number of aliphatic hydroxyl groups excluding tert-OH is 2. The van der Waals surface area contributed by atoms with Crippen LogP contribution in [-0.4, -0.2) is 46.5 Å². The Morgan fingerprint density at radius 2 is 1.93 bits per heavy atom. The highest BCUT2D eigenvalue weighted by molar-refractivity contribution is 7.80. The van der Waals surface area contributed by atoms with E-state index in [0.29, 0.717) is 6.42 Å². The third-order valence-corrected chi connectivity index (χ3v) is 1.61. The lowest BCUT2D eigenvalue weighted by Crippen LogP contribution is -2.21. The number of hydrogen-bond acceptors (Lipinski definition) is 5. The molecule has 15 heavy (non-hydrogen) atoms. The molecule has 0 aromatic heterocycles. The molecule has 0 saturated carbocycles. The smallest absolute Gasteiger partial charge is 0.303 e. The van der Waals surface area contributed by atoms with Gasteiger partial charge in [-0.3, -0.25) is 4.79 Å². The van der Waals surface area contributed by atoms with Gasteiger partial charge in [-0.25, -0.2) is 0 Å². The number of carboxylic acid groups (broad SMARTS) is 1. The molecular formula is C9H20O5S. The van der Waals surface area contributed by atoms with E-state index in [1.54, 1.807) is 0 Å². The van der Waals surface area contributed by atoms with Crippen molar-refractivity contribution < 1.29 is 24.9 Å². The van der Waals surface area contributed by atoms with E-state index >= 15 is 0 Å².